The Morgan fingerprint density at radius 3 is 2.71 bits per heavy atom. The summed E-state index contributed by atoms with van der Waals surface area (Å²) in [5, 5.41) is 15.0. The van der Waals surface area contributed by atoms with E-state index < -0.39 is 5.82 Å². The minimum Gasteiger partial charge on any atom is -0.349 e. The molecule has 0 spiro atoms. The van der Waals surface area contributed by atoms with Crippen LogP contribution >= 0.6 is 34.7 Å². The maximum atomic E-state index is 14.8. The molecule has 4 rings (SSSR count). The van der Waals surface area contributed by atoms with E-state index in [1.165, 1.54) is 29.2 Å². The largest absolute Gasteiger partial charge is 0.349 e. The van der Waals surface area contributed by atoms with Crippen molar-refractivity contribution in [3.05, 3.63) is 75.5 Å². The molecule has 0 bridgehead atoms. The Labute approximate surface area is 210 Å². The first-order valence-corrected chi connectivity index (χ1v) is 12.6. The van der Waals surface area contributed by atoms with Crippen molar-refractivity contribution < 1.29 is 9.18 Å². The molecular weight excluding hydrogens is 495 g/mol. The second-order valence-electron chi connectivity index (χ2n) is 7.55. The second-order valence-corrected chi connectivity index (χ2v) is 9.84. The van der Waals surface area contributed by atoms with Crippen molar-refractivity contribution in [3.8, 4) is 17.1 Å². The molecule has 1 N–H and O–H groups in total. The van der Waals surface area contributed by atoms with Crippen LogP contribution in [0.2, 0.25) is 5.02 Å². The molecule has 0 aliphatic rings. The molecule has 2 heterocycles. The van der Waals surface area contributed by atoms with Gasteiger partial charge in [0.2, 0.25) is 0 Å². The number of likely N-dealkylation sites (N-methyl/N-ethyl adjacent to an activating group) is 1. The predicted molar refractivity (Wildman–Crippen MR) is 134 cm³/mol. The predicted octanol–water partition coefficient (Wildman–Crippen LogP) is 4.77. The zero-order valence-electron chi connectivity index (χ0n) is 18.5. The van der Waals surface area contributed by atoms with Gasteiger partial charge in [-0.1, -0.05) is 47.6 Å². The number of halogens is 2. The van der Waals surface area contributed by atoms with E-state index in [2.05, 4.69) is 20.5 Å². The second kappa shape index (κ2) is 11.1. The summed E-state index contributed by atoms with van der Waals surface area (Å²) in [5.74, 6) is 0.289. The molecule has 0 saturated heterocycles. The first kappa shape index (κ1) is 24.3. The lowest BCUT2D eigenvalue weighted by molar-refractivity contribution is 0.0946. The summed E-state index contributed by atoms with van der Waals surface area (Å²) in [6.45, 7) is 1.29. The molecule has 1 amide bonds. The van der Waals surface area contributed by atoms with Crippen molar-refractivity contribution in [1.29, 1.82) is 0 Å². The third kappa shape index (κ3) is 5.64. The van der Waals surface area contributed by atoms with Gasteiger partial charge in [-0.05, 0) is 38.4 Å². The lowest BCUT2D eigenvalue weighted by Gasteiger charge is -2.11. The van der Waals surface area contributed by atoms with Gasteiger partial charge in [0.1, 0.15) is 16.5 Å². The zero-order chi connectivity index (χ0) is 24.1. The standard InChI is InChI=1S/C23H22ClFN6OS2/c1-30(2)12-11-26-22(32)18-13-33-20(27-18)14-34-23-29-28-21(15-7-3-4-8-16(15)24)31(23)19-10-6-5-9-17(19)25/h3-10,13H,11-12,14H2,1-2H3,(H,26,32). The highest BCUT2D eigenvalue weighted by molar-refractivity contribution is 7.98. The highest BCUT2D eigenvalue weighted by Crippen LogP contribution is 2.34. The lowest BCUT2D eigenvalue weighted by atomic mass is 10.2. The summed E-state index contributed by atoms with van der Waals surface area (Å²) in [7, 11) is 3.89. The molecule has 176 valence electrons. The Bertz CT molecular complexity index is 1290. The number of carbonyl (C=O) groups excluding carboxylic acids is 1. The van der Waals surface area contributed by atoms with E-state index in [1.807, 2.05) is 37.2 Å². The first-order valence-electron chi connectivity index (χ1n) is 10.4. The fraction of sp³-hybridized carbons (Fsp3) is 0.217. The van der Waals surface area contributed by atoms with Crippen LogP contribution < -0.4 is 5.32 Å². The van der Waals surface area contributed by atoms with Gasteiger partial charge in [-0.2, -0.15) is 0 Å². The third-order valence-electron chi connectivity index (χ3n) is 4.80. The van der Waals surface area contributed by atoms with Gasteiger partial charge in [-0.25, -0.2) is 9.37 Å². The van der Waals surface area contributed by atoms with Crippen LogP contribution in [0.4, 0.5) is 4.39 Å². The monoisotopic (exact) mass is 516 g/mol. The van der Waals surface area contributed by atoms with Crippen LogP contribution in [0.3, 0.4) is 0 Å². The molecule has 0 unspecified atom stereocenters. The summed E-state index contributed by atoms with van der Waals surface area (Å²) in [6, 6.07) is 13.7. The molecule has 0 aliphatic heterocycles. The number of carbonyl (C=O) groups is 1. The minimum absolute atomic E-state index is 0.204. The molecular formula is C23H22ClFN6OS2. The van der Waals surface area contributed by atoms with Gasteiger partial charge < -0.3 is 10.2 Å². The van der Waals surface area contributed by atoms with Crippen molar-refractivity contribution in [2.24, 2.45) is 0 Å². The molecule has 0 atom stereocenters. The highest BCUT2D eigenvalue weighted by atomic mass is 35.5. The van der Waals surface area contributed by atoms with Crippen molar-refractivity contribution in [2.75, 3.05) is 27.2 Å². The zero-order valence-corrected chi connectivity index (χ0v) is 20.9. The van der Waals surface area contributed by atoms with Gasteiger partial charge in [0, 0.05) is 24.0 Å². The Hall–Kier alpha value is -2.79. The summed E-state index contributed by atoms with van der Waals surface area (Å²) in [6.07, 6.45) is 0. The average molecular weight is 517 g/mol. The summed E-state index contributed by atoms with van der Waals surface area (Å²) >= 11 is 9.15. The number of hydrogen-bond donors (Lipinski definition) is 1. The number of thiazole rings is 1. The normalized spacial score (nSPS) is 11.2. The van der Waals surface area contributed by atoms with Gasteiger partial charge in [0.25, 0.3) is 5.91 Å². The van der Waals surface area contributed by atoms with E-state index in [-0.39, 0.29) is 5.91 Å². The van der Waals surface area contributed by atoms with Gasteiger partial charge in [0.05, 0.1) is 16.5 Å². The van der Waals surface area contributed by atoms with Crippen LogP contribution in [0.15, 0.2) is 59.1 Å². The number of hydrogen-bond acceptors (Lipinski definition) is 7. The lowest BCUT2D eigenvalue weighted by Crippen LogP contribution is -2.31. The molecule has 0 aliphatic carbocycles. The Balaban J connectivity index is 1.57. The molecule has 0 saturated carbocycles. The third-order valence-corrected chi connectivity index (χ3v) is 7.10. The maximum absolute atomic E-state index is 14.8. The van der Waals surface area contributed by atoms with Gasteiger partial charge in [0.15, 0.2) is 11.0 Å². The number of benzene rings is 2. The fourth-order valence-electron chi connectivity index (χ4n) is 3.12. The maximum Gasteiger partial charge on any atom is 0.270 e. The van der Waals surface area contributed by atoms with Crippen LogP contribution in [0.25, 0.3) is 17.1 Å². The van der Waals surface area contributed by atoms with Crippen molar-refractivity contribution in [2.45, 2.75) is 10.9 Å². The van der Waals surface area contributed by atoms with Gasteiger partial charge in [-0.15, -0.1) is 21.5 Å². The SMILES string of the molecule is CN(C)CCNC(=O)c1csc(CSc2nnc(-c3ccccc3Cl)n2-c2ccccc2F)n1. The Kier molecular flexibility index (Phi) is 7.94. The summed E-state index contributed by atoms with van der Waals surface area (Å²) in [5.41, 5.74) is 1.36. The molecule has 34 heavy (non-hydrogen) atoms. The number of nitrogens with one attached hydrogen (secondary N) is 1. The van der Waals surface area contributed by atoms with Crippen LogP contribution in [0.5, 0.6) is 0 Å². The number of rotatable bonds is 9. The Morgan fingerprint density at radius 2 is 1.94 bits per heavy atom. The van der Waals surface area contributed by atoms with E-state index in [4.69, 9.17) is 11.6 Å². The number of para-hydroxylation sites is 1. The van der Waals surface area contributed by atoms with E-state index in [0.29, 0.717) is 45.2 Å². The number of amides is 1. The van der Waals surface area contributed by atoms with Crippen LogP contribution in [0, 0.1) is 5.82 Å². The quantitative estimate of drug-likeness (QED) is 0.323. The molecule has 11 heteroatoms. The topological polar surface area (TPSA) is 75.9 Å². The fourth-order valence-corrected chi connectivity index (χ4v) is 5.08. The number of nitrogens with zero attached hydrogens (tertiary/aromatic N) is 5. The van der Waals surface area contributed by atoms with Crippen molar-refractivity contribution >= 4 is 40.6 Å². The molecule has 0 fully saturated rings. The first-order chi connectivity index (χ1) is 16.4. The smallest absolute Gasteiger partial charge is 0.270 e. The van der Waals surface area contributed by atoms with Crippen LogP contribution in [-0.2, 0) is 5.75 Å². The summed E-state index contributed by atoms with van der Waals surface area (Å²) < 4.78 is 16.4. The molecule has 4 aromatic rings. The number of aromatic nitrogens is 4. The summed E-state index contributed by atoms with van der Waals surface area (Å²) in [4.78, 5) is 18.7. The minimum atomic E-state index is -0.400. The highest BCUT2D eigenvalue weighted by Gasteiger charge is 2.21. The van der Waals surface area contributed by atoms with Crippen LogP contribution in [-0.4, -0.2) is 57.7 Å². The molecule has 0 radical (unpaired) electrons. The average Bonchev–Trinajstić information content (AvgIpc) is 3.45. The van der Waals surface area contributed by atoms with E-state index >= 15 is 0 Å². The van der Waals surface area contributed by atoms with E-state index in [1.54, 1.807) is 34.2 Å². The van der Waals surface area contributed by atoms with E-state index in [0.717, 1.165) is 11.6 Å². The number of thioether (sulfide) groups is 1. The van der Waals surface area contributed by atoms with E-state index in [9.17, 15) is 9.18 Å². The van der Waals surface area contributed by atoms with Crippen molar-refractivity contribution in [3.63, 3.8) is 0 Å². The Morgan fingerprint density at radius 1 is 1.18 bits per heavy atom. The van der Waals surface area contributed by atoms with Crippen LogP contribution in [0.1, 0.15) is 15.5 Å². The van der Waals surface area contributed by atoms with Gasteiger partial charge in [-0.3, -0.25) is 9.36 Å². The van der Waals surface area contributed by atoms with Gasteiger partial charge >= 0.3 is 0 Å². The molecule has 2 aromatic carbocycles. The molecule has 2 aromatic heterocycles. The van der Waals surface area contributed by atoms with Crippen molar-refractivity contribution in [1.82, 2.24) is 30.0 Å². The molecule has 7 nitrogen and oxygen atoms in total.